The number of nitrogens with two attached hydrogens (primary N) is 1. The van der Waals surface area contributed by atoms with Gasteiger partial charge in [0.2, 0.25) is 15.9 Å². The molecule has 1 amide bonds. The predicted octanol–water partition coefficient (Wildman–Crippen LogP) is 0.436. The molecular formula is C14H21N3O3S. The van der Waals surface area contributed by atoms with Gasteiger partial charge in [-0.15, -0.1) is 0 Å². The Morgan fingerprint density at radius 3 is 2.52 bits per heavy atom. The predicted molar refractivity (Wildman–Crippen MR) is 80.0 cm³/mol. The number of nitrogens with one attached hydrogen (secondary N) is 1. The van der Waals surface area contributed by atoms with Gasteiger partial charge in [-0.1, -0.05) is 24.6 Å². The number of rotatable bonds is 5. The van der Waals surface area contributed by atoms with E-state index in [1.807, 2.05) is 0 Å². The topological polar surface area (TPSA) is 92.5 Å². The van der Waals surface area contributed by atoms with Crippen LogP contribution in [0.5, 0.6) is 0 Å². The van der Waals surface area contributed by atoms with Crippen molar-refractivity contribution in [1.82, 2.24) is 9.62 Å². The molecule has 0 bridgehead atoms. The van der Waals surface area contributed by atoms with Crippen LogP contribution in [0.1, 0.15) is 24.8 Å². The number of benzene rings is 1. The fourth-order valence-corrected chi connectivity index (χ4v) is 4.15. The van der Waals surface area contributed by atoms with Crippen molar-refractivity contribution in [3.8, 4) is 0 Å². The van der Waals surface area contributed by atoms with Gasteiger partial charge in [0.15, 0.2) is 0 Å². The number of sulfonamides is 1. The minimum absolute atomic E-state index is 0.110. The molecule has 2 rings (SSSR count). The standard InChI is InChI=1S/C14H21N3O3S/c15-10-14(18)16-11-12-6-2-3-7-13(12)21(19,20)17-8-4-1-5-9-17/h2-3,6-7H,1,4-5,8-11,15H2,(H,16,18). The third-order valence-electron chi connectivity index (χ3n) is 3.57. The van der Waals surface area contributed by atoms with Crippen LogP contribution in [0.3, 0.4) is 0 Å². The molecular weight excluding hydrogens is 290 g/mol. The van der Waals surface area contributed by atoms with Gasteiger partial charge in [-0.25, -0.2) is 8.42 Å². The molecule has 1 heterocycles. The second-order valence-corrected chi connectivity index (χ2v) is 6.96. The number of piperidine rings is 1. The summed E-state index contributed by atoms with van der Waals surface area (Å²) in [4.78, 5) is 11.5. The third kappa shape index (κ3) is 3.81. The smallest absolute Gasteiger partial charge is 0.243 e. The molecule has 6 nitrogen and oxygen atoms in total. The van der Waals surface area contributed by atoms with Crippen LogP contribution >= 0.6 is 0 Å². The summed E-state index contributed by atoms with van der Waals surface area (Å²) in [5, 5.41) is 2.62. The van der Waals surface area contributed by atoms with Crippen LogP contribution in [-0.2, 0) is 21.4 Å². The van der Waals surface area contributed by atoms with E-state index in [1.165, 1.54) is 4.31 Å². The van der Waals surface area contributed by atoms with Crippen molar-refractivity contribution in [3.05, 3.63) is 29.8 Å². The van der Waals surface area contributed by atoms with Crippen molar-refractivity contribution in [2.75, 3.05) is 19.6 Å². The molecule has 1 aromatic rings. The van der Waals surface area contributed by atoms with E-state index in [1.54, 1.807) is 24.3 Å². The van der Waals surface area contributed by atoms with E-state index in [0.717, 1.165) is 19.3 Å². The summed E-state index contributed by atoms with van der Waals surface area (Å²) in [5.41, 5.74) is 5.83. The van der Waals surface area contributed by atoms with Gasteiger partial charge >= 0.3 is 0 Å². The Morgan fingerprint density at radius 2 is 1.86 bits per heavy atom. The van der Waals surface area contributed by atoms with Crippen molar-refractivity contribution in [2.24, 2.45) is 5.73 Å². The van der Waals surface area contributed by atoms with Gasteiger partial charge in [0.05, 0.1) is 11.4 Å². The highest BCUT2D eigenvalue weighted by Crippen LogP contribution is 2.23. The molecule has 0 saturated carbocycles. The lowest BCUT2D eigenvalue weighted by molar-refractivity contribution is -0.119. The average Bonchev–Trinajstić information content (AvgIpc) is 2.53. The van der Waals surface area contributed by atoms with E-state index < -0.39 is 10.0 Å². The van der Waals surface area contributed by atoms with E-state index in [4.69, 9.17) is 5.73 Å². The van der Waals surface area contributed by atoms with Gasteiger partial charge in [-0.05, 0) is 24.5 Å². The first-order valence-electron chi connectivity index (χ1n) is 7.10. The molecule has 7 heteroatoms. The summed E-state index contributed by atoms with van der Waals surface area (Å²) < 4.78 is 26.9. The lowest BCUT2D eigenvalue weighted by Gasteiger charge is -2.26. The maximum atomic E-state index is 12.7. The maximum Gasteiger partial charge on any atom is 0.243 e. The van der Waals surface area contributed by atoms with Crippen molar-refractivity contribution in [3.63, 3.8) is 0 Å². The summed E-state index contributed by atoms with van der Waals surface area (Å²) in [6.07, 6.45) is 2.86. The van der Waals surface area contributed by atoms with Gasteiger partial charge in [-0.3, -0.25) is 4.79 Å². The molecule has 1 aromatic carbocycles. The Labute approximate surface area is 125 Å². The third-order valence-corrected chi connectivity index (χ3v) is 5.57. The molecule has 3 N–H and O–H groups in total. The van der Waals surface area contributed by atoms with Crippen LogP contribution in [-0.4, -0.2) is 38.3 Å². The lowest BCUT2D eigenvalue weighted by Crippen LogP contribution is -2.36. The van der Waals surface area contributed by atoms with Crippen LogP contribution in [0.2, 0.25) is 0 Å². The molecule has 1 fully saturated rings. The normalized spacial score (nSPS) is 16.6. The van der Waals surface area contributed by atoms with E-state index >= 15 is 0 Å². The van der Waals surface area contributed by atoms with Gasteiger partial charge in [0, 0.05) is 19.6 Å². The van der Waals surface area contributed by atoms with Crippen molar-refractivity contribution >= 4 is 15.9 Å². The fraction of sp³-hybridized carbons (Fsp3) is 0.500. The molecule has 1 saturated heterocycles. The van der Waals surface area contributed by atoms with E-state index in [-0.39, 0.29) is 23.9 Å². The fourth-order valence-electron chi connectivity index (χ4n) is 2.41. The second-order valence-electron chi connectivity index (χ2n) is 5.05. The molecule has 1 aliphatic heterocycles. The number of carbonyl (C=O) groups excluding carboxylic acids is 1. The van der Waals surface area contributed by atoms with Crippen LogP contribution in [0, 0.1) is 0 Å². The van der Waals surface area contributed by atoms with Crippen LogP contribution in [0.15, 0.2) is 29.2 Å². The Kier molecular flexibility index (Phi) is 5.33. The lowest BCUT2D eigenvalue weighted by atomic mass is 10.2. The van der Waals surface area contributed by atoms with Crippen LogP contribution < -0.4 is 11.1 Å². The molecule has 21 heavy (non-hydrogen) atoms. The number of hydrogen-bond donors (Lipinski definition) is 2. The number of hydrogen-bond acceptors (Lipinski definition) is 4. The van der Waals surface area contributed by atoms with E-state index in [9.17, 15) is 13.2 Å². The highest BCUT2D eigenvalue weighted by atomic mass is 32.2. The molecule has 0 atom stereocenters. The van der Waals surface area contributed by atoms with Crippen molar-refractivity contribution < 1.29 is 13.2 Å². The molecule has 1 aliphatic rings. The summed E-state index contributed by atoms with van der Waals surface area (Å²) in [6, 6.07) is 6.77. The van der Waals surface area contributed by atoms with Gasteiger partial charge in [0.25, 0.3) is 0 Å². The first kappa shape index (κ1) is 15.9. The number of amides is 1. The summed E-state index contributed by atoms with van der Waals surface area (Å²) >= 11 is 0. The Bertz CT molecular complexity index is 595. The zero-order valence-electron chi connectivity index (χ0n) is 11.9. The zero-order chi connectivity index (χ0) is 15.3. The SMILES string of the molecule is NCC(=O)NCc1ccccc1S(=O)(=O)N1CCCCC1. The molecule has 0 unspecified atom stereocenters. The summed E-state index contributed by atoms with van der Waals surface area (Å²) in [5.74, 6) is -0.305. The second kappa shape index (κ2) is 7.02. The van der Waals surface area contributed by atoms with Crippen LogP contribution in [0.25, 0.3) is 0 Å². The highest BCUT2D eigenvalue weighted by Gasteiger charge is 2.27. The zero-order valence-corrected chi connectivity index (χ0v) is 12.7. The monoisotopic (exact) mass is 311 g/mol. The quantitative estimate of drug-likeness (QED) is 0.825. The van der Waals surface area contributed by atoms with Gasteiger partial charge in [-0.2, -0.15) is 4.31 Å². The van der Waals surface area contributed by atoms with Crippen molar-refractivity contribution in [2.45, 2.75) is 30.7 Å². The average molecular weight is 311 g/mol. The Hall–Kier alpha value is -1.44. The molecule has 0 radical (unpaired) electrons. The molecule has 116 valence electrons. The van der Waals surface area contributed by atoms with E-state index in [2.05, 4.69) is 5.32 Å². The van der Waals surface area contributed by atoms with Crippen molar-refractivity contribution in [1.29, 1.82) is 0 Å². The van der Waals surface area contributed by atoms with Crippen LogP contribution in [0.4, 0.5) is 0 Å². The van der Waals surface area contributed by atoms with E-state index in [0.29, 0.717) is 18.7 Å². The first-order valence-corrected chi connectivity index (χ1v) is 8.54. The number of nitrogens with zero attached hydrogens (tertiary/aromatic N) is 1. The molecule has 0 aliphatic carbocycles. The maximum absolute atomic E-state index is 12.7. The Balaban J connectivity index is 2.23. The summed E-state index contributed by atoms with van der Waals surface area (Å²) in [6.45, 7) is 1.18. The Morgan fingerprint density at radius 1 is 1.19 bits per heavy atom. The molecule has 0 aromatic heterocycles. The van der Waals surface area contributed by atoms with Gasteiger partial charge in [0.1, 0.15) is 0 Å². The first-order chi connectivity index (χ1) is 10.1. The molecule has 0 spiro atoms. The minimum Gasteiger partial charge on any atom is -0.351 e. The summed E-state index contributed by atoms with van der Waals surface area (Å²) in [7, 11) is -3.50. The van der Waals surface area contributed by atoms with Gasteiger partial charge < -0.3 is 11.1 Å². The number of carbonyl (C=O) groups is 1. The highest BCUT2D eigenvalue weighted by molar-refractivity contribution is 7.89. The largest absolute Gasteiger partial charge is 0.351 e. The minimum atomic E-state index is -3.50.